The number of benzene rings is 1. The lowest BCUT2D eigenvalue weighted by molar-refractivity contribution is 0.0692. The van der Waals surface area contributed by atoms with Crippen molar-refractivity contribution in [1.82, 2.24) is 4.98 Å². The quantitative estimate of drug-likeness (QED) is 0.761. The maximum Gasteiger partial charge on any atom is 0.356 e. The monoisotopic (exact) mass is 293 g/mol. The zero-order valence-corrected chi connectivity index (χ0v) is 11.0. The second-order valence-electron chi connectivity index (χ2n) is 4.01. The van der Waals surface area contributed by atoms with Gasteiger partial charge in [0.2, 0.25) is 10.0 Å². The molecular weight excluding hydrogens is 282 g/mol. The lowest BCUT2D eigenvalue weighted by atomic mass is 10.1. The number of nitrogen functional groups attached to an aromatic ring is 1. The fourth-order valence-electron chi connectivity index (χ4n) is 1.62. The zero-order valence-electron chi connectivity index (χ0n) is 10.1. The van der Waals surface area contributed by atoms with Gasteiger partial charge in [-0.25, -0.2) is 23.3 Å². The number of nitrogens with zero attached hydrogens (tertiary/aromatic N) is 1. The molecule has 0 aliphatic carbocycles. The number of hydrogen-bond acceptors (Lipinski definition) is 5. The van der Waals surface area contributed by atoms with Gasteiger partial charge in [-0.3, -0.25) is 0 Å². The van der Waals surface area contributed by atoms with E-state index >= 15 is 0 Å². The highest BCUT2D eigenvalue weighted by Gasteiger charge is 2.12. The standard InChI is InChI=1S/C12H11N3O4S/c13-9-5-6-10(15-11(9)12(16)17)7-1-3-8(4-2-7)20(14,18)19/h1-6H,13H2,(H,16,17)(H2,14,18,19). The number of carbonyl (C=O) groups is 1. The minimum absolute atomic E-state index is 0.0323. The van der Waals surface area contributed by atoms with Crippen LogP contribution in [0, 0.1) is 0 Å². The largest absolute Gasteiger partial charge is 0.476 e. The normalized spacial score (nSPS) is 11.2. The molecule has 20 heavy (non-hydrogen) atoms. The third-order valence-electron chi connectivity index (χ3n) is 2.61. The summed E-state index contributed by atoms with van der Waals surface area (Å²) in [5.74, 6) is -1.23. The number of carboxylic acids is 1. The van der Waals surface area contributed by atoms with Gasteiger partial charge in [-0.2, -0.15) is 0 Å². The molecule has 0 saturated heterocycles. The molecule has 0 saturated carbocycles. The molecule has 0 amide bonds. The van der Waals surface area contributed by atoms with Crippen molar-refractivity contribution in [2.45, 2.75) is 4.90 Å². The van der Waals surface area contributed by atoms with Gasteiger partial charge in [0.05, 0.1) is 16.3 Å². The molecule has 0 radical (unpaired) electrons. The van der Waals surface area contributed by atoms with Crippen molar-refractivity contribution < 1.29 is 18.3 Å². The number of aromatic carboxylic acids is 1. The Labute approximate surface area is 114 Å². The van der Waals surface area contributed by atoms with Gasteiger partial charge in [0.25, 0.3) is 0 Å². The Morgan fingerprint density at radius 2 is 1.70 bits per heavy atom. The van der Waals surface area contributed by atoms with Gasteiger partial charge < -0.3 is 10.8 Å². The van der Waals surface area contributed by atoms with E-state index in [4.69, 9.17) is 16.0 Å². The van der Waals surface area contributed by atoms with Gasteiger partial charge in [-0.1, -0.05) is 12.1 Å². The average molecular weight is 293 g/mol. The minimum Gasteiger partial charge on any atom is -0.476 e. The van der Waals surface area contributed by atoms with Crippen molar-refractivity contribution in [2.75, 3.05) is 5.73 Å². The number of aromatic nitrogens is 1. The Morgan fingerprint density at radius 1 is 1.10 bits per heavy atom. The Morgan fingerprint density at radius 3 is 2.20 bits per heavy atom. The van der Waals surface area contributed by atoms with E-state index in [9.17, 15) is 13.2 Å². The van der Waals surface area contributed by atoms with Crippen LogP contribution in [-0.4, -0.2) is 24.5 Å². The Kier molecular flexibility index (Phi) is 3.43. The van der Waals surface area contributed by atoms with Crippen molar-refractivity contribution in [2.24, 2.45) is 5.14 Å². The zero-order chi connectivity index (χ0) is 14.9. The van der Waals surface area contributed by atoms with Gasteiger partial charge in [0, 0.05) is 5.56 Å². The molecule has 0 spiro atoms. The summed E-state index contributed by atoms with van der Waals surface area (Å²) in [4.78, 5) is 14.8. The van der Waals surface area contributed by atoms with Gasteiger partial charge >= 0.3 is 5.97 Å². The highest BCUT2D eigenvalue weighted by molar-refractivity contribution is 7.89. The lowest BCUT2D eigenvalue weighted by Crippen LogP contribution is -2.11. The molecule has 0 unspecified atom stereocenters. The Balaban J connectivity index is 2.47. The molecule has 1 aromatic carbocycles. The average Bonchev–Trinajstić information content (AvgIpc) is 2.38. The molecule has 8 heteroatoms. The van der Waals surface area contributed by atoms with Crippen LogP contribution in [0.25, 0.3) is 11.3 Å². The van der Waals surface area contributed by atoms with Crippen LogP contribution in [0.1, 0.15) is 10.5 Å². The van der Waals surface area contributed by atoms with Crippen molar-refractivity contribution in [1.29, 1.82) is 0 Å². The molecule has 0 atom stereocenters. The number of rotatable bonds is 3. The predicted octanol–water partition coefficient (Wildman–Crippen LogP) is 0.676. The number of sulfonamides is 1. The van der Waals surface area contributed by atoms with Crippen LogP contribution in [0.5, 0.6) is 0 Å². The fourth-order valence-corrected chi connectivity index (χ4v) is 2.13. The first-order valence-corrected chi connectivity index (χ1v) is 6.97. The summed E-state index contributed by atoms with van der Waals surface area (Å²) >= 11 is 0. The summed E-state index contributed by atoms with van der Waals surface area (Å²) in [5, 5.41) is 13.9. The highest BCUT2D eigenvalue weighted by Crippen LogP contribution is 2.21. The van der Waals surface area contributed by atoms with Crippen LogP contribution in [0.2, 0.25) is 0 Å². The molecule has 1 heterocycles. The van der Waals surface area contributed by atoms with Crippen LogP contribution in [-0.2, 0) is 10.0 Å². The number of primary sulfonamides is 1. The maximum atomic E-state index is 11.1. The van der Waals surface area contributed by atoms with Gasteiger partial charge in [-0.05, 0) is 24.3 Å². The molecule has 1 aromatic heterocycles. The van der Waals surface area contributed by atoms with E-state index in [1.165, 1.54) is 30.3 Å². The molecule has 0 aliphatic heterocycles. The van der Waals surface area contributed by atoms with Gasteiger partial charge in [0.1, 0.15) is 0 Å². The first-order chi connectivity index (χ1) is 9.29. The van der Waals surface area contributed by atoms with E-state index < -0.39 is 16.0 Å². The van der Waals surface area contributed by atoms with Crippen molar-refractivity contribution in [3.05, 3.63) is 42.1 Å². The predicted molar refractivity (Wildman–Crippen MR) is 72.4 cm³/mol. The second-order valence-corrected chi connectivity index (χ2v) is 5.57. The molecule has 2 aromatic rings. The first-order valence-electron chi connectivity index (χ1n) is 5.42. The Hall–Kier alpha value is -2.45. The maximum absolute atomic E-state index is 11.1. The number of nitrogens with two attached hydrogens (primary N) is 2. The van der Waals surface area contributed by atoms with Gasteiger partial charge in [-0.15, -0.1) is 0 Å². The highest BCUT2D eigenvalue weighted by atomic mass is 32.2. The molecule has 0 aliphatic rings. The molecule has 2 rings (SSSR count). The van der Waals surface area contributed by atoms with E-state index in [-0.39, 0.29) is 16.3 Å². The molecule has 0 fully saturated rings. The van der Waals surface area contributed by atoms with Gasteiger partial charge in [0.15, 0.2) is 5.69 Å². The lowest BCUT2D eigenvalue weighted by Gasteiger charge is -2.05. The van der Waals surface area contributed by atoms with Crippen molar-refractivity contribution >= 4 is 21.7 Å². The van der Waals surface area contributed by atoms with E-state index in [0.717, 1.165) is 0 Å². The van der Waals surface area contributed by atoms with E-state index in [0.29, 0.717) is 11.3 Å². The van der Waals surface area contributed by atoms with E-state index in [2.05, 4.69) is 4.98 Å². The van der Waals surface area contributed by atoms with Crippen LogP contribution in [0.15, 0.2) is 41.3 Å². The van der Waals surface area contributed by atoms with Crippen LogP contribution < -0.4 is 10.9 Å². The molecular formula is C12H11N3O4S. The van der Waals surface area contributed by atoms with Crippen LogP contribution in [0.3, 0.4) is 0 Å². The van der Waals surface area contributed by atoms with Crippen LogP contribution in [0.4, 0.5) is 5.69 Å². The molecule has 0 bridgehead atoms. The number of carboxylic acid groups (broad SMARTS) is 1. The smallest absolute Gasteiger partial charge is 0.356 e. The minimum atomic E-state index is -3.76. The van der Waals surface area contributed by atoms with Crippen molar-refractivity contribution in [3.63, 3.8) is 0 Å². The summed E-state index contributed by atoms with van der Waals surface area (Å²) in [6, 6.07) is 8.60. The molecule has 104 valence electrons. The van der Waals surface area contributed by atoms with E-state index in [1.54, 1.807) is 6.07 Å². The first kappa shape index (κ1) is 14.0. The Bertz CT molecular complexity index is 770. The SMILES string of the molecule is Nc1ccc(-c2ccc(S(N)(=O)=O)cc2)nc1C(=O)O. The summed E-state index contributed by atoms with van der Waals surface area (Å²) < 4.78 is 22.3. The second kappa shape index (κ2) is 4.91. The number of anilines is 1. The van der Waals surface area contributed by atoms with Crippen LogP contribution >= 0.6 is 0 Å². The third kappa shape index (κ3) is 2.76. The summed E-state index contributed by atoms with van der Waals surface area (Å²) in [5.41, 5.74) is 6.24. The number of pyridine rings is 1. The fraction of sp³-hybridized carbons (Fsp3) is 0. The third-order valence-corrected chi connectivity index (χ3v) is 3.54. The van der Waals surface area contributed by atoms with Crippen molar-refractivity contribution in [3.8, 4) is 11.3 Å². The topological polar surface area (TPSA) is 136 Å². The van der Waals surface area contributed by atoms with E-state index in [1.807, 2.05) is 0 Å². The summed E-state index contributed by atoms with van der Waals surface area (Å²) in [7, 11) is -3.76. The summed E-state index contributed by atoms with van der Waals surface area (Å²) in [6.07, 6.45) is 0. The number of hydrogen-bond donors (Lipinski definition) is 3. The molecule has 7 nitrogen and oxygen atoms in total. The summed E-state index contributed by atoms with van der Waals surface area (Å²) in [6.45, 7) is 0. The molecule has 5 N–H and O–H groups in total.